The Bertz CT molecular complexity index is 264. The number of rotatable bonds is 3. The summed E-state index contributed by atoms with van der Waals surface area (Å²) >= 11 is 0. The highest BCUT2D eigenvalue weighted by molar-refractivity contribution is 5.76. The van der Waals surface area contributed by atoms with Crippen LogP contribution in [0.5, 0.6) is 0 Å². The van der Waals surface area contributed by atoms with Crippen molar-refractivity contribution < 1.29 is 14.3 Å². The summed E-state index contributed by atoms with van der Waals surface area (Å²) < 4.78 is 11.4. The van der Waals surface area contributed by atoms with Gasteiger partial charge in [0.25, 0.3) is 0 Å². The van der Waals surface area contributed by atoms with Crippen LogP contribution in [0.3, 0.4) is 0 Å². The third-order valence-corrected chi connectivity index (χ3v) is 3.28. The molecule has 2 saturated heterocycles. The molecule has 0 unspecified atom stereocenters. The minimum atomic E-state index is -0.00984. The topological polar surface area (TPSA) is 50.8 Å². The van der Waals surface area contributed by atoms with E-state index in [9.17, 15) is 4.79 Å². The van der Waals surface area contributed by atoms with Gasteiger partial charge in [0.15, 0.2) is 0 Å². The zero-order valence-corrected chi connectivity index (χ0v) is 9.99. The lowest BCUT2D eigenvalue weighted by Gasteiger charge is -2.47. The van der Waals surface area contributed by atoms with Crippen LogP contribution in [-0.2, 0) is 14.3 Å². The molecule has 1 spiro atoms. The lowest BCUT2D eigenvalue weighted by Crippen LogP contribution is -2.64. The normalized spacial score (nSPS) is 27.5. The number of hydrogen-bond donors (Lipinski definition) is 1. The van der Waals surface area contributed by atoms with Gasteiger partial charge in [0.2, 0.25) is 5.91 Å². The second-order valence-corrected chi connectivity index (χ2v) is 4.85. The Morgan fingerprint density at radius 1 is 1.56 bits per heavy atom. The highest BCUT2D eigenvalue weighted by Gasteiger charge is 2.43. The molecule has 5 nitrogen and oxygen atoms in total. The van der Waals surface area contributed by atoms with Crippen LogP contribution in [0.15, 0.2) is 0 Å². The van der Waals surface area contributed by atoms with Crippen LogP contribution in [0.2, 0.25) is 0 Å². The van der Waals surface area contributed by atoms with Crippen LogP contribution < -0.4 is 5.32 Å². The molecule has 0 aromatic carbocycles. The first-order valence-electron chi connectivity index (χ1n) is 5.78. The molecule has 92 valence electrons. The zero-order chi connectivity index (χ0) is 11.6. The average Bonchev–Trinajstić information content (AvgIpc) is 2.24. The van der Waals surface area contributed by atoms with E-state index < -0.39 is 0 Å². The summed E-state index contributed by atoms with van der Waals surface area (Å²) in [6.07, 6.45) is 1.96. The molecule has 0 aromatic heterocycles. The molecule has 2 heterocycles. The summed E-state index contributed by atoms with van der Waals surface area (Å²) in [5.74, 6) is 0.0206. The number of nitrogens with zero attached hydrogens (tertiary/aromatic N) is 1. The van der Waals surface area contributed by atoms with Crippen molar-refractivity contribution in [1.82, 2.24) is 10.2 Å². The first kappa shape index (κ1) is 11.8. The summed E-state index contributed by atoms with van der Waals surface area (Å²) in [4.78, 5) is 12.9. The third-order valence-electron chi connectivity index (χ3n) is 3.28. The second kappa shape index (κ2) is 4.69. The number of carbonyl (C=O) groups is 1. The highest BCUT2D eigenvalue weighted by Crippen LogP contribution is 2.30. The molecule has 2 aliphatic rings. The summed E-state index contributed by atoms with van der Waals surface area (Å²) in [5.41, 5.74) is -0.00984. The molecule has 0 bridgehead atoms. The average molecular weight is 228 g/mol. The maximum absolute atomic E-state index is 11.4. The van der Waals surface area contributed by atoms with Gasteiger partial charge in [-0.1, -0.05) is 0 Å². The fourth-order valence-corrected chi connectivity index (χ4v) is 2.09. The van der Waals surface area contributed by atoms with Gasteiger partial charge < -0.3 is 19.7 Å². The largest absolute Gasteiger partial charge is 0.372 e. The third kappa shape index (κ3) is 2.53. The fraction of sp³-hybridized carbons (Fsp3) is 0.909. The van der Waals surface area contributed by atoms with E-state index >= 15 is 0 Å². The molecule has 2 fully saturated rings. The predicted molar refractivity (Wildman–Crippen MR) is 59.2 cm³/mol. The van der Waals surface area contributed by atoms with Gasteiger partial charge in [-0.3, -0.25) is 4.79 Å². The van der Waals surface area contributed by atoms with Crippen LogP contribution in [0.4, 0.5) is 0 Å². The molecule has 1 atom stereocenters. The van der Waals surface area contributed by atoms with Gasteiger partial charge in [-0.25, -0.2) is 0 Å². The first-order chi connectivity index (χ1) is 7.61. The number of ether oxygens (including phenoxy) is 2. The van der Waals surface area contributed by atoms with E-state index in [1.165, 1.54) is 0 Å². The van der Waals surface area contributed by atoms with Gasteiger partial charge in [0.1, 0.15) is 6.61 Å². The minimum absolute atomic E-state index is 0.00984. The molecular weight excluding hydrogens is 208 g/mol. The van der Waals surface area contributed by atoms with E-state index in [2.05, 4.69) is 5.32 Å². The van der Waals surface area contributed by atoms with Crippen molar-refractivity contribution in [2.45, 2.75) is 24.5 Å². The lowest BCUT2D eigenvalue weighted by atomic mass is 9.87. The van der Waals surface area contributed by atoms with Crippen molar-refractivity contribution in [2.75, 3.05) is 40.4 Å². The summed E-state index contributed by atoms with van der Waals surface area (Å²) in [6, 6.07) is 0. The molecule has 1 N–H and O–H groups in total. The molecule has 1 amide bonds. The summed E-state index contributed by atoms with van der Waals surface area (Å²) in [7, 11) is 3.49. The Morgan fingerprint density at radius 3 is 2.88 bits per heavy atom. The van der Waals surface area contributed by atoms with Crippen molar-refractivity contribution in [2.24, 2.45) is 0 Å². The molecule has 0 aliphatic carbocycles. The van der Waals surface area contributed by atoms with Gasteiger partial charge in [-0.05, 0) is 6.42 Å². The smallest absolute Gasteiger partial charge is 0.248 e. The number of hydrogen-bond acceptors (Lipinski definition) is 4. The van der Waals surface area contributed by atoms with Crippen LogP contribution in [-0.4, -0.2) is 62.9 Å². The number of amides is 1. The Kier molecular flexibility index (Phi) is 3.47. The van der Waals surface area contributed by atoms with Gasteiger partial charge >= 0.3 is 0 Å². The SMILES string of the molecule is CN(C)C(=O)CO[C@H]1CCOC2(CNC2)C1. The quantitative estimate of drug-likeness (QED) is 0.715. The van der Waals surface area contributed by atoms with Crippen molar-refractivity contribution in [3.8, 4) is 0 Å². The van der Waals surface area contributed by atoms with Crippen LogP contribution in [0.1, 0.15) is 12.8 Å². The van der Waals surface area contributed by atoms with Crippen LogP contribution >= 0.6 is 0 Å². The van der Waals surface area contributed by atoms with E-state index in [4.69, 9.17) is 9.47 Å². The molecule has 0 saturated carbocycles. The highest BCUT2D eigenvalue weighted by atomic mass is 16.5. The van der Waals surface area contributed by atoms with Gasteiger partial charge in [0, 0.05) is 40.2 Å². The van der Waals surface area contributed by atoms with Crippen LogP contribution in [0, 0.1) is 0 Å². The Labute approximate surface area is 96.1 Å². The van der Waals surface area contributed by atoms with Crippen molar-refractivity contribution in [1.29, 1.82) is 0 Å². The van der Waals surface area contributed by atoms with E-state index in [0.29, 0.717) is 0 Å². The lowest BCUT2D eigenvalue weighted by molar-refractivity contribution is -0.162. The Morgan fingerprint density at radius 2 is 2.31 bits per heavy atom. The number of carbonyl (C=O) groups excluding carboxylic acids is 1. The molecule has 5 heteroatoms. The van der Waals surface area contributed by atoms with E-state index in [0.717, 1.165) is 32.5 Å². The maximum atomic E-state index is 11.4. The number of nitrogens with one attached hydrogen (secondary N) is 1. The zero-order valence-electron chi connectivity index (χ0n) is 9.99. The monoisotopic (exact) mass is 228 g/mol. The van der Waals surface area contributed by atoms with Gasteiger partial charge in [-0.15, -0.1) is 0 Å². The van der Waals surface area contributed by atoms with Crippen molar-refractivity contribution in [3.63, 3.8) is 0 Å². The predicted octanol–water partition coefficient (Wildman–Crippen LogP) is -0.388. The van der Waals surface area contributed by atoms with Crippen molar-refractivity contribution >= 4 is 5.91 Å². The van der Waals surface area contributed by atoms with E-state index in [1.807, 2.05) is 0 Å². The second-order valence-electron chi connectivity index (χ2n) is 4.85. The Hall–Kier alpha value is -0.650. The molecule has 2 rings (SSSR count). The van der Waals surface area contributed by atoms with E-state index in [-0.39, 0.29) is 24.2 Å². The minimum Gasteiger partial charge on any atom is -0.372 e. The first-order valence-corrected chi connectivity index (χ1v) is 5.78. The van der Waals surface area contributed by atoms with Gasteiger partial charge in [-0.2, -0.15) is 0 Å². The molecular formula is C11H20N2O3. The van der Waals surface area contributed by atoms with E-state index in [1.54, 1.807) is 19.0 Å². The van der Waals surface area contributed by atoms with Crippen LogP contribution in [0.25, 0.3) is 0 Å². The molecule has 16 heavy (non-hydrogen) atoms. The molecule has 0 aromatic rings. The molecule has 0 radical (unpaired) electrons. The summed E-state index contributed by atoms with van der Waals surface area (Å²) in [6.45, 7) is 2.74. The fourth-order valence-electron chi connectivity index (χ4n) is 2.09. The van der Waals surface area contributed by atoms with Gasteiger partial charge in [0.05, 0.1) is 11.7 Å². The maximum Gasteiger partial charge on any atom is 0.248 e. The van der Waals surface area contributed by atoms with Crippen molar-refractivity contribution in [3.05, 3.63) is 0 Å². The molecule has 2 aliphatic heterocycles. The summed E-state index contributed by atoms with van der Waals surface area (Å²) in [5, 5.41) is 3.22. The Balaban J connectivity index is 1.75. The standard InChI is InChI=1S/C11H20N2O3/c1-13(2)10(14)6-15-9-3-4-16-11(5-9)7-12-8-11/h9,12H,3-8H2,1-2H3/t9-/m0/s1. The number of likely N-dealkylation sites (N-methyl/N-ethyl adjacent to an activating group) is 1.